The van der Waals surface area contributed by atoms with Gasteiger partial charge in [0, 0.05) is 23.7 Å². The van der Waals surface area contributed by atoms with Crippen molar-refractivity contribution < 1.29 is 5.11 Å². The molecule has 1 aliphatic rings. The number of anilines is 1. The molecular weight excluding hydrogens is 174 g/mol. The summed E-state index contributed by atoms with van der Waals surface area (Å²) in [6.45, 7) is 7.07. The molecule has 0 saturated heterocycles. The minimum absolute atomic E-state index is 0.295. The summed E-state index contributed by atoms with van der Waals surface area (Å²) >= 11 is 0. The van der Waals surface area contributed by atoms with Crippen LogP contribution in [0.25, 0.3) is 0 Å². The van der Waals surface area contributed by atoms with E-state index in [1.54, 1.807) is 0 Å². The van der Waals surface area contributed by atoms with Crippen LogP contribution in [0.1, 0.15) is 29.7 Å². The Morgan fingerprint density at radius 2 is 2.07 bits per heavy atom. The average Bonchev–Trinajstić information content (AvgIpc) is 2.10. The number of aliphatic hydroxyl groups is 1. The van der Waals surface area contributed by atoms with Crippen LogP contribution in [0.5, 0.6) is 0 Å². The number of hydrogen-bond donors (Lipinski definition) is 2. The number of rotatable bonds is 0. The maximum absolute atomic E-state index is 10.1. The van der Waals surface area contributed by atoms with Gasteiger partial charge in [-0.15, -0.1) is 0 Å². The lowest BCUT2D eigenvalue weighted by molar-refractivity contribution is 0.119. The Morgan fingerprint density at radius 3 is 2.79 bits per heavy atom. The number of nitrogens with one attached hydrogen (secondary N) is 1. The van der Waals surface area contributed by atoms with E-state index in [1.165, 1.54) is 11.1 Å². The van der Waals surface area contributed by atoms with Crippen LogP contribution in [0, 0.1) is 19.8 Å². The fourth-order valence-electron chi connectivity index (χ4n) is 2.18. The summed E-state index contributed by atoms with van der Waals surface area (Å²) in [6, 6.07) is 4.24. The van der Waals surface area contributed by atoms with Crippen molar-refractivity contribution in [1.29, 1.82) is 0 Å². The Balaban J connectivity index is 2.54. The zero-order chi connectivity index (χ0) is 10.3. The largest absolute Gasteiger partial charge is 0.388 e. The van der Waals surface area contributed by atoms with E-state index in [9.17, 15) is 5.11 Å². The number of fused-ring (bicyclic) bond motifs is 1. The Bertz CT molecular complexity index is 360. The monoisotopic (exact) mass is 191 g/mol. The van der Waals surface area contributed by atoms with Gasteiger partial charge in [0.2, 0.25) is 0 Å². The van der Waals surface area contributed by atoms with Crippen molar-refractivity contribution in [3.05, 3.63) is 28.8 Å². The van der Waals surface area contributed by atoms with Crippen molar-refractivity contribution in [1.82, 2.24) is 0 Å². The lowest BCUT2D eigenvalue weighted by Gasteiger charge is -2.30. The lowest BCUT2D eigenvalue weighted by Crippen LogP contribution is -2.26. The molecule has 1 aromatic rings. The zero-order valence-electron chi connectivity index (χ0n) is 8.96. The third kappa shape index (κ3) is 1.40. The first-order valence-corrected chi connectivity index (χ1v) is 5.12. The van der Waals surface area contributed by atoms with Gasteiger partial charge in [0.15, 0.2) is 0 Å². The minimum atomic E-state index is -0.313. The van der Waals surface area contributed by atoms with Crippen LogP contribution >= 0.6 is 0 Å². The molecule has 1 aromatic carbocycles. The minimum Gasteiger partial charge on any atom is -0.388 e. The van der Waals surface area contributed by atoms with E-state index in [0.717, 1.165) is 17.8 Å². The Morgan fingerprint density at radius 1 is 1.36 bits per heavy atom. The van der Waals surface area contributed by atoms with Gasteiger partial charge >= 0.3 is 0 Å². The molecule has 2 N–H and O–H groups in total. The predicted octanol–water partition coefficient (Wildman–Crippen LogP) is 2.40. The summed E-state index contributed by atoms with van der Waals surface area (Å²) in [5, 5.41) is 13.4. The second-order valence-electron chi connectivity index (χ2n) is 4.35. The maximum Gasteiger partial charge on any atom is 0.0854 e. The van der Waals surface area contributed by atoms with Crippen LogP contribution in [-0.4, -0.2) is 11.7 Å². The first-order chi connectivity index (χ1) is 6.59. The number of aryl methyl sites for hydroxylation is 2. The highest BCUT2D eigenvalue weighted by Gasteiger charge is 2.25. The van der Waals surface area contributed by atoms with Gasteiger partial charge in [-0.2, -0.15) is 0 Å². The summed E-state index contributed by atoms with van der Waals surface area (Å²) < 4.78 is 0. The number of benzene rings is 1. The molecular formula is C12H17NO. The second kappa shape index (κ2) is 3.28. The molecule has 2 heteroatoms. The first-order valence-electron chi connectivity index (χ1n) is 5.12. The molecule has 2 atom stereocenters. The van der Waals surface area contributed by atoms with Crippen molar-refractivity contribution >= 4 is 5.69 Å². The van der Waals surface area contributed by atoms with Crippen LogP contribution in [0.2, 0.25) is 0 Å². The summed E-state index contributed by atoms with van der Waals surface area (Å²) in [7, 11) is 0. The number of aliphatic hydroxyl groups excluding tert-OH is 1. The molecule has 1 aliphatic heterocycles. The summed E-state index contributed by atoms with van der Waals surface area (Å²) in [6.07, 6.45) is -0.313. The van der Waals surface area contributed by atoms with Gasteiger partial charge in [0.25, 0.3) is 0 Å². The Kier molecular flexibility index (Phi) is 2.23. The van der Waals surface area contributed by atoms with Gasteiger partial charge in [-0.05, 0) is 31.0 Å². The average molecular weight is 191 g/mol. The highest BCUT2D eigenvalue weighted by atomic mass is 16.3. The van der Waals surface area contributed by atoms with E-state index < -0.39 is 0 Å². The van der Waals surface area contributed by atoms with Crippen molar-refractivity contribution in [2.75, 3.05) is 11.9 Å². The molecule has 0 saturated carbocycles. The molecule has 0 spiro atoms. The topological polar surface area (TPSA) is 32.3 Å². The van der Waals surface area contributed by atoms with Crippen LogP contribution in [0.4, 0.5) is 5.69 Å². The zero-order valence-corrected chi connectivity index (χ0v) is 8.96. The van der Waals surface area contributed by atoms with E-state index >= 15 is 0 Å². The molecule has 2 unspecified atom stereocenters. The van der Waals surface area contributed by atoms with E-state index in [4.69, 9.17) is 0 Å². The summed E-state index contributed by atoms with van der Waals surface area (Å²) in [4.78, 5) is 0. The van der Waals surface area contributed by atoms with Crippen molar-refractivity contribution in [3.8, 4) is 0 Å². The highest BCUT2D eigenvalue weighted by molar-refractivity contribution is 5.59. The third-order valence-electron chi connectivity index (χ3n) is 2.98. The summed E-state index contributed by atoms with van der Waals surface area (Å²) in [5.41, 5.74) is 4.62. The van der Waals surface area contributed by atoms with Crippen LogP contribution < -0.4 is 5.32 Å². The van der Waals surface area contributed by atoms with E-state index in [1.807, 2.05) is 0 Å². The first kappa shape index (κ1) is 9.53. The fraction of sp³-hybridized carbons (Fsp3) is 0.500. The Hall–Kier alpha value is -1.02. The molecule has 0 aromatic heterocycles. The quantitative estimate of drug-likeness (QED) is 0.660. The smallest absolute Gasteiger partial charge is 0.0854 e. The molecule has 1 heterocycles. The highest BCUT2D eigenvalue weighted by Crippen LogP contribution is 2.36. The van der Waals surface area contributed by atoms with Crippen LogP contribution in [0.3, 0.4) is 0 Å². The molecule has 0 fully saturated rings. The van der Waals surface area contributed by atoms with Crippen LogP contribution in [-0.2, 0) is 0 Å². The molecule has 0 bridgehead atoms. The molecule has 0 radical (unpaired) electrons. The maximum atomic E-state index is 10.1. The second-order valence-corrected chi connectivity index (χ2v) is 4.35. The molecule has 0 amide bonds. The van der Waals surface area contributed by atoms with Crippen LogP contribution in [0.15, 0.2) is 12.1 Å². The summed E-state index contributed by atoms with van der Waals surface area (Å²) in [5.74, 6) is 0.295. The van der Waals surface area contributed by atoms with E-state index in [2.05, 4.69) is 38.2 Å². The molecule has 14 heavy (non-hydrogen) atoms. The molecule has 2 rings (SSSR count). The van der Waals surface area contributed by atoms with Gasteiger partial charge in [-0.25, -0.2) is 0 Å². The fourth-order valence-corrected chi connectivity index (χ4v) is 2.18. The van der Waals surface area contributed by atoms with Crippen molar-refractivity contribution in [2.45, 2.75) is 26.9 Å². The normalized spacial score (nSPS) is 25.4. The van der Waals surface area contributed by atoms with Gasteiger partial charge in [0.1, 0.15) is 0 Å². The lowest BCUT2D eigenvalue weighted by atomic mass is 9.88. The molecule has 0 aliphatic carbocycles. The van der Waals surface area contributed by atoms with Gasteiger partial charge in [-0.3, -0.25) is 0 Å². The molecule has 76 valence electrons. The van der Waals surface area contributed by atoms with E-state index in [0.29, 0.717) is 5.92 Å². The SMILES string of the molecule is Cc1cc(C)c2c(c1)NCC(C)C2O. The van der Waals surface area contributed by atoms with Gasteiger partial charge < -0.3 is 10.4 Å². The van der Waals surface area contributed by atoms with Crippen molar-refractivity contribution in [2.24, 2.45) is 5.92 Å². The van der Waals surface area contributed by atoms with Gasteiger partial charge in [-0.1, -0.05) is 13.0 Å². The standard InChI is InChI=1S/C12H17NO/c1-7-4-8(2)11-10(5-7)13-6-9(3)12(11)14/h4-5,9,12-14H,6H2,1-3H3. The molecule has 2 nitrogen and oxygen atoms in total. The van der Waals surface area contributed by atoms with Gasteiger partial charge in [0.05, 0.1) is 6.10 Å². The third-order valence-corrected chi connectivity index (χ3v) is 2.98. The Labute approximate surface area is 85.0 Å². The van der Waals surface area contributed by atoms with Crippen molar-refractivity contribution in [3.63, 3.8) is 0 Å². The van der Waals surface area contributed by atoms with E-state index in [-0.39, 0.29) is 6.10 Å². The number of hydrogen-bond acceptors (Lipinski definition) is 2. The predicted molar refractivity (Wildman–Crippen MR) is 58.5 cm³/mol.